The lowest BCUT2D eigenvalue weighted by Crippen LogP contribution is -2.41. The van der Waals surface area contributed by atoms with Gasteiger partial charge in [-0.1, -0.05) is 19.8 Å². The molecule has 1 aromatic rings. The normalized spacial score (nSPS) is 19.4. The number of nitrogens with zero attached hydrogens (tertiary/aromatic N) is 2. The van der Waals surface area contributed by atoms with Gasteiger partial charge in [0.1, 0.15) is 0 Å². The summed E-state index contributed by atoms with van der Waals surface area (Å²) in [7, 11) is 1.78. The molecule has 0 radical (unpaired) electrons. The highest BCUT2D eigenvalue weighted by atomic mass is 16.5. The Labute approximate surface area is 122 Å². The Kier molecular flexibility index (Phi) is 6.05. The Morgan fingerprint density at radius 2 is 2.20 bits per heavy atom. The monoisotopic (exact) mass is 279 g/mol. The van der Waals surface area contributed by atoms with Gasteiger partial charge in [-0.15, -0.1) is 0 Å². The number of rotatable bonds is 8. The van der Waals surface area contributed by atoms with Crippen LogP contribution in [0.15, 0.2) is 12.3 Å². The van der Waals surface area contributed by atoms with Crippen molar-refractivity contribution in [1.82, 2.24) is 15.1 Å². The zero-order valence-electron chi connectivity index (χ0n) is 13.1. The second-order valence-corrected chi connectivity index (χ2v) is 5.93. The van der Waals surface area contributed by atoms with Crippen LogP contribution in [0.25, 0.3) is 0 Å². The predicted molar refractivity (Wildman–Crippen MR) is 82.0 cm³/mol. The van der Waals surface area contributed by atoms with Crippen molar-refractivity contribution in [3.05, 3.63) is 18.0 Å². The molecule has 20 heavy (non-hydrogen) atoms. The van der Waals surface area contributed by atoms with Crippen molar-refractivity contribution >= 4 is 0 Å². The van der Waals surface area contributed by atoms with Gasteiger partial charge in [-0.3, -0.25) is 4.68 Å². The van der Waals surface area contributed by atoms with Crippen molar-refractivity contribution in [3.8, 4) is 0 Å². The molecule has 0 aliphatic heterocycles. The van der Waals surface area contributed by atoms with Crippen molar-refractivity contribution in [2.75, 3.05) is 13.7 Å². The largest absolute Gasteiger partial charge is 0.380 e. The van der Waals surface area contributed by atoms with Crippen LogP contribution in [0.1, 0.15) is 57.7 Å². The van der Waals surface area contributed by atoms with E-state index in [1.54, 1.807) is 7.11 Å². The third-order valence-corrected chi connectivity index (χ3v) is 4.39. The lowest BCUT2D eigenvalue weighted by atomic mass is 10.1. The second kappa shape index (κ2) is 7.79. The molecule has 0 aromatic carbocycles. The summed E-state index contributed by atoms with van der Waals surface area (Å²) in [6.07, 6.45) is 9.71. The average Bonchev–Trinajstić information content (AvgIpc) is 3.13. The summed E-state index contributed by atoms with van der Waals surface area (Å²) < 4.78 is 7.67. The van der Waals surface area contributed by atoms with Crippen molar-refractivity contribution < 1.29 is 4.74 Å². The summed E-state index contributed by atoms with van der Waals surface area (Å²) in [5.41, 5.74) is 1.18. The van der Waals surface area contributed by atoms with Gasteiger partial charge < -0.3 is 10.1 Å². The average molecular weight is 279 g/mol. The van der Waals surface area contributed by atoms with Gasteiger partial charge in [0.25, 0.3) is 0 Å². The molecule has 4 nitrogen and oxygen atoms in total. The summed E-state index contributed by atoms with van der Waals surface area (Å²) in [4.78, 5) is 0. The Bertz CT molecular complexity index is 385. The van der Waals surface area contributed by atoms with E-state index in [9.17, 15) is 0 Å². The highest BCUT2D eigenvalue weighted by Gasteiger charge is 2.20. The third kappa shape index (κ3) is 4.06. The minimum absolute atomic E-state index is 0.207. The Morgan fingerprint density at radius 1 is 1.45 bits per heavy atom. The van der Waals surface area contributed by atoms with Gasteiger partial charge in [-0.2, -0.15) is 5.10 Å². The van der Waals surface area contributed by atoms with Crippen LogP contribution in [-0.4, -0.2) is 35.6 Å². The van der Waals surface area contributed by atoms with E-state index in [1.807, 2.05) is 0 Å². The molecule has 2 atom stereocenters. The highest BCUT2D eigenvalue weighted by Crippen LogP contribution is 2.28. The fourth-order valence-corrected chi connectivity index (χ4v) is 2.98. The number of methoxy groups -OCH3 is 1. The van der Waals surface area contributed by atoms with Crippen LogP contribution in [0.5, 0.6) is 0 Å². The number of nitrogens with one attached hydrogen (secondary N) is 1. The van der Waals surface area contributed by atoms with E-state index in [0.717, 1.165) is 19.4 Å². The molecule has 0 spiro atoms. The molecule has 2 unspecified atom stereocenters. The molecule has 4 heteroatoms. The number of aromatic nitrogens is 2. The van der Waals surface area contributed by atoms with E-state index >= 15 is 0 Å². The Balaban J connectivity index is 1.95. The Hall–Kier alpha value is -0.870. The first-order valence-electron chi connectivity index (χ1n) is 8.04. The summed E-state index contributed by atoms with van der Waals surface area (Å²) in [5, 5.41) is 8.35. The van der Waals surface area contributed by atoms with Crippen LogP contribution in [0, 0.1) is 0 Å². The first-order chi connectivity index (χ1) is 9.74. The number of hydrogen-bond acceptors (Lipinski definition) is 3. The predicted octanol–water partition coefficient (Wildman–Crippen LogP) is 2.94. The standard InChI is InChI=1S/C16H29N3O/c1-4-10-17-16(13(2)20-3)12-14-9-11-19(18-14)15-7-5-6-8-15/h9,11,13,15-17H,4-8,10,12H2,1-3H3. The lowest BCUT2D eigenvalue weighted by molar-refractivity contribution is 0.0827. The van der Waals surface area contributed by atoms with Gasteiger partial charge in [0.2, 0.25) is 0 Å². The molecule has 0 saturated heterocycles. The van der Waals surface area contributed by atoms with Gasteiger partial charge in [-0.25, -0.2) is 0 Å². The van der Waals surface area contributed by atoms with Crippen LogP contribution < -0.4 is 5.32 Å². The molecule has 1 aromatic heterocycles. The highest BCUT2D eigenvalue weighted by molar-refractivity contribution is 5.03. The van der Waals surface area contributed by atoms with E-state index in [-0.39, 0.29) is 6.10 Å². The smallest absolute Gasteiger partial charge is 0.0700 e. The summed E-state index contributed by atoms with van der Waals surface area (Å²) >= 11 is 0. The molecule has 1 fully saturated rings. The van der Waals surface area contributed by atoms with Gasteiger partial charge in [0.15, 0.2) is 0 Å². The fraction of sp³-hybridized carbons (Fsp3) is 0.812. The minimum Gasteiger partial charge on any atom is -0.380 e. The molecule has 1 aliphatic rings. The molecule has 1 saturated carbocycles. The van der Waals surface area contributed by atoms with Crippen molar-refractivity contribution in [1.29, 1.82) is 0 Å². The van der Waals surface area contributed by atoms with Gasteiger partial charge in [-0.05, 0) is 38.8 Å². The van der Waals surface area contributed by atoms with E-state index < -0.39 is 0 Å². The maximum atomic E-state index is 5.49. The van der Waals surface area contributed by atoms with Crippen LogP contribution >= 0.6 is 0 Å². The lowest BCUT2D eigenvalue weighted by Gasteiger charge is -2.23. The molecule has 1 aliphatic carbocycles. The topological polar surface area (TPSA) is 39.1 Å². The maximum Gasteiger partial charge on any atom is 0.0700 e. The molecule has 1 heterocycles. The van der Waals surface area contributed by atoms with Gasteiger partial charge in [0.05, 0.1) is 17.8 Å². The van der Waals surface area contributed by atoms with Gasteiger partial charge in [0, 0.05) is 25.8 Å². The second-order valence-electron chi connectivity index (χ2n) is 5.93. The molecule has 2 rings (SSSR count). The summed E-state index contributed by atoms with van der Waals surface area (Å²) in [6.45, 7) is 5.35. The SMILES string of the molecule is CCCNC(Cc1ccn(C2CCCC2)n1)C(C)OC. The summed E-state index contributed by atoms with van der Waals surface area (Å²) in [6, 6.07) is 3.14. The first-order valence-corrected chi connectivity index (χ1v) is 8.04. The molecule has 114 valence electrons. The van der Waals surface area contributed by atoms with E-state index in [2.05, 4.69) is 36.1 Å². The number of hydrogen-bond donors (Lipinski definition) is 1. The quantitative estimate of drug-likeness (QED) is 0.795. The molecule has 1 N–H and O–H groups in total. The fourth-order valence-electron chi connectivity index (χ4n) is 2.98. The minimum atomic E-state index is 0.207. The Morgan fingerprint density at radius 3 is 2.85 bits per heavy atom. The first kappa shape index (κ1) is 15.5. The van der Waals surface area contributed by atoms with E-state index in [4.69, 9.17) is 9.84 Å². The summed E-state index contributed by atoms with van der Waals surface area (Å²) in [5.74, 6) is 0. The van der Waals surface area contributed by atoms with E-state index in [0.29, 0.717) is 12.1 Å². The van der Waals surface area contributed by atoms with Crippen LogP contribution in [-0.2, 0) is 11.2 Å². The van der Waals surface area contributed by atoms with Crippen molar-refractivity contribution in [2.24, 2.45) is 0 Å². The van der Waals surface area contributed by atoms with E-state index in [1.165, 1.54) is 31.4 Å². The molecule has 0 amide bonds. The van der Waals surface area contributed by atoms with Crippen LogP contribution in [0.2, 0.25) is 0 Å². The van der Waals surface area contributed by atoms with Crippen molar-refractivity contribution in [2.45, 2.75) is 70.6 Å². The molecular formula is C16H29N3O. The number of ether oxygens (including phenoxy) is 1. The molecular weight excluding hydrogens is 250 g/mol. The third-order valence-electron chi connectivity index (χ3n) is 4.39. The molecule has 0 bridgehead atoms. The maximum absolute atomic E-state index is 5.49. The zero-order valence-corrected chi connectivity index (χ0v) is 13.1. The van der Waals surface area contributed by atoms with Crippen molar-refractivity contribution in [3.63, 3.8) is 0 Å². The zero-order chi connectivity index (χ0) is 14.4. The van der Waals surface area contributed by atoms with Gasteiger partial charge >= 0.3 is 0 Å². The van der Waals surface area contributed by atoms with Crippen LogP contribution in [0.3, 0.4) is 0 Å². The van der Waals surface area contributed by atoms with Crippen LogP contribution in [0.4, 0.5) is 0 Å².